The zero-order valence-corrected chi connectivity index (χ0v) is 8.22. The van der Waals surface area contributed by atoms with Gasteiger partial charge in [-0.25, -0.2) is 0 Å². The molecular weight excluding hydrogens is 188 g/mol. The van der Waals surface area contributed by atoms with Gasteiger partial charge in [0.2, 0.25) is 0 Å². The molecule has 2 unspecified atom stereocenters. The number of esters is 1. The Kier molecular flexibility index (Phi) is 2.33. The summed E-state index contributed by atoms with van der Waals surface area (Å²) in [5.74, 6) is 0.387. The molecule has 2 atom stereocenters. The van der Waals surface area contributed by atoms with E-state index in [1.54, 1.807) is 0 Å². The molecule has 0 radical (unpaired) electrons. The molecule has 0 aromatic carbocycles. The van der Waals surface area contributed by atoms with Crippen LogP contribution in [0.15, 0.2) is 12.2 Å². The number of halogens is 1. The maximum Gasteiger partial charge on any atom is 0.320 e. The highest BCUT2D eigenvalue weighted by Gasteiger charge is 2.41. The number of fused-ring (bicyclic) bond motifs is 2. The van der Waals surface area contributed by atoms with Crippen LogP contribution in [0.4, 0.5) is 0 Å². The van der Waals surface area contributed by atoms with E-state index in [2.05, 4.69) is 12.2 Å². The Morgan fingerprint density at radius 2 is 2.54 bits per heavy atom. The van der Waals surface area contributed by atoms with Gasteiger partial charge in [0.25, 0.3) is 0 Å². The van der Waals surface area contributed by atoms with Crippen LogP contribution >= 0.6 is 11.6 Å². The molecule has 2 aliphatic rings. The number of carbonyl (C=O) groups excluding carboxylic acids is 1. The van der Waals surface area contributed by atoms with Crippen molar-refractivity contribution < 1.29 is 9.53 Å². The fourth-order valence-electron chi connectivity index (χ4n) is 2.30. The van der Waals surface area contributed by atoms with E-state index >= 15 is 0 Å². The molecule has 13 heavy (non-hydrogen) atoms. The zero-order valence-electron chi connectivity index (χ0n) is 7.46. The molecular formula is C10H13ClO2. The van der Waals surface area contributed by atoms with Gasteiger partial charge in [-0.15, -0.1) is 11.6 Å². The first-order valence-corrected chi connectivity index (χ1v) is 5.18. The summed E-state index contributed by atoms with van der Waals surface area (Å²) in [7, 11) is 0. The molecule has 3 heteroatoms. The summed E-state index contributed by atoms with van der Waals surface area (Å²) in [6.45, 7) is 0.519. The van der Waals surface area contributed by atoms with Crippen molar-refractivity contribution in [1.29, 1.82) is 0 Å². The van der Waals surface area contributed by atoms with E-state index in [-0.39, 0.29) is 17.3 Å². The van der Waals surface area contributed by atoms with Crippen molar-refractivity contribution in [2.45, 2.75) is 19.3 Å². The van der Waals surface area contributed by atoms with E-state index in [0.29, 0.717) is 6.61 Å². The molecule has 0 amide bonds. The van der Waals surface area contributed by atoms with E-state index in [9.17, 15) is 4.79 Å². The second kappa shape index (κ2) is 3.33. The van der Waals surface area contributed by atoms with Crippen molar-refractivity contribution in [2.24, 2.45) is 11.3 Å². The van der Waals surface area contributed by atoms with Crippen LogP contribution in [0.5, 0.6) is 0 Å². The van der Waals surface area contributed by atoms with Crippen LogP contribution in [-0.4, -0.2) is 18.5 Å². The third-order valence-corrected chi connectivity index (χ3v) is 3.25. The Morgan fingerprint density at radius 3 is 3.00 bits per heavy atom. The minimum absolute atomic E-state index is 0.0385. The lowest BCUT2D eigenvalue weighted by molar-refractivity contribution is -0.143. The summed E-state index contributed by atoms with van der Waals surface area (Å²) >= 11 is 5.34. The van der Waals surface area contributed by atoms with Gasteiger partial charge in [-0.3, -0.25) is 4.79 Å². The standard InChI is InChI=1S/C10H13ClO2/c11-6-9(12)13-7-10-3-1-8(5-10)2-4-10/h1,3,8H,2,4-7H2. The highest BCUT2D eigenvalue weighted by atomic mass is 35.5. The summed E-state index contributed by atoms with van der Waals surface area (Å²) in [6, 6.07) is 0. The SMILES string of the molecule is O=C(CCl)OCC12C=CC(CC1)C2. The van der Waals surface area contributed by atoms with E-state index in [4.69, 9.17) is 16.3 Å². The van der Waals surface area contributed by atoms with E-state index in [1.165, 1.54) is 6.42 Å². The average molecular weight is 201 g/mol. The smallest absolute Gasteiger partial charge is 0.320 e. The van der Waals surface area contributed by atoms with E-state index < -0.39 is 0 Å². The van der Waals surface area contributed by atoms with Crippen molar-refractivity contribution in [2.75, 3.05) is 12.5 Å². The molecule has 2 nitrogen and oxygen atoms in total. The molecule has 0 spiro atoms. The Bertz CT molecular complexity index is 249. The first-order valence-electron chi connectivity index (χ1n) is 4.65. The third kappa shape index (κ3) is 1.73. The van der Waals surface area contributed by atoms with Gasteiger partial charge < -0.3 is 4.74 Å². The second-order valence-corrected chi connectivity index (χ2v) is 4.29. The normalized spacial score (nSPS) is 35.3. The quantitative estimate of drug-likeness (QED) is 0.396. The number of alkyl halides is 1. The Balaban J connectivity index is 1.88. The van der Waals surface area contributed by atoms with E-state index in [0.717, 1.165) is 18.8 Å². The van der Waals surface area contributed by atoms with Crippen molar-refractivity contribution >= 4 is 17.6 Å². The first-order chi connectivity index (χ1) is 6.24. The molecule has 2 aliphatic carbocycles. The monoisotopic (exact) mass is 200 g/mol. The summed E-state index contributed by atoms with van der Waals surface area (Å²) in [5.41, 5.74) is 0.159. The molecule has 0 N–H and O–H groups in total. The fourth-order valence-corrected chi connectivity index (χ4v) is 2.37. The van der Waals surface area contributed by atoms with Crippen molar-refractivity contribution in [1.82, 2.24) is 0 Å². The highest BCUT2D eigenvalue weighted by Crippen LogP contribution is 2.49. The van der Waals surface area contributed by atoms with Gasteiger partial charge in [0.15, 0.2) is 0 Å². The third-order valence-electron chi connectivity index (χ3n) is 3.03. The molecule has 1 fully saturated rings. The average Bonchev–Trinajstić information content (AvgIpc) is 2.74. The van der Waals surface area contributed by atoms with Gasteiger partial charge in [0, 0.05) is 5.41 Å². The lowest BCUT2D eigenvalue weighted by atomic mass is 9.89. The van der Waals surface area contributed by atoms with Crippen LogP contribution in [0.25, 0.3) is 0 Å². The lowest BCUT2D eigenvalue weighted by Crippen LogP contribution is -2.22. The largest absolute Gasteiger partial charge is 0.464 e. The molecule has 0 heterocycles. The molecule has 0 saturated heterocycles. The van der Waals surface area contributed by atoms with Crippen molar-refractivity contribution in [3.63, 3.8) is 0 Å². The molecule has 1 saturated carbocycles. The molecule has 72 valence electrons. The lowest BCUT2D eigenvalue weighted by Gasteiger charge is -2.22. The van der Waals surface area contributed by atoms with Crippen LogP contribution in [0.3, 0.4) is 0 Å². The maximum atomic E-state index is 10.9. The minimum Gasteiger partial charge on any atom is -0.464 e. The topological polar surface area (TPSA) is 26.3 Å². The van der Waals surface area contributed by atoms with Crippen LogP contribution in [0.1, 0.15) is 19.3 Å². The molecule has 0 aromatic heterocycles. The van der Waals surface area contributed by atoms with Crippen molar-refractivity contribution in [3.05, 3.63) is 12.2 Å². The second-order valence-electron chi connectivity index (χ2n) is 4.02. The molecule has 0 aliphatic heterocycles. The van der Waals surface area contributed by atoms with Crippen LogP contribution in [-0.2, 0) is 9.53 Å². The predicted molar refractivity (Wildman–Crippen MR) is 50.6 cm³/mol. The Labute approximate surface area is 82.9 Å². The number of carbonyl (C=O) groups is 1. The van der Waals surface area contributed by atoms with Crippen LogP contribution in [0, 0.1) is 11.3 Å². The highest BCUT2D eigenvalue weighted by molar-refractivity contribution is 6.26. The van der Waals surface area contributed by atoms with Crippen molar-refractivity contribution in [3.8, 4) is 0 Å². The predicted octanol–water partition coefficient (Wildman–Crippen LogP) is 2.12. The number of rotatable bonds is 3. The minimum atomic E-state index is -0.306. The maximum absolute atomic E-state index is 10.9. The van der Waals surface area contributed by atoms with Gasteiger partial charge in [-0.1, -0.05) is 12.2 Å². The summed E-state index contributed by atoms with van der Waals surface area (Å²) in [5, 5.41) is 0. The molecule has 0 aromatic rings. The fraction of sp³-hybridized carbons (Fsp3) is 0.700. The molecule has 2 bridgehead atoms. The summed E-state index contributed by atoms with van der Waals surface area (Å²) < 4.78 is 5.07. The van der Waals surface area contributed by atoms with Gasteiger partial charge in [0.1, 0.15) is 12.5 Å². The van der Waals surface area contributed by atoms with Gasteiger partial charge in [-0.05, 0) is 25.2 Å². The zero-order chi connectivity index (χ0) is 9.31. The van der Waals surface area contributed by atoms with E-state index in [1.807, 2.05) is 0 Å². The number of hydrogen-bond acceptors (Lipinski definition) is 2. The van der Waals surface area contributed by atoms with Gasteiger partial charge in [0.05, 0.1) is 0 Å². The number of hydrogen-bond donors (Lipinski definition) is 0. The van der Waals surface area contributed by atoms with Gasteiger partial charge in [-0.2, -0.15) is 0 Å². The first kappa shape index (κ1) is 9.07. The van der Waals surface area contributed by atoms with Crippen LogP contribution in [0.2, 0.25) is 0 Å². The van der Waals surface area contributed by atoms with Gasteiger partial charge >= 0.3 is 5.97 Å². The summed E-state index contributed by atoms with van der Waals surface area (Å²) in [6.07, 6.45) is 8.02. The Hall–Kier alpha value is -0.500. The summed E-state index contributed by atoms with van der Waals surface area (Å²) in [4.78, 5) is 10.9. The molecule has 2 rings (SSSR count). The Morgan fingerprint density at radius 1 is 1.69 bits per heavy atom. The van der Waals surface area contributed by atoms with Crippen LogP contribution < -0.4 is 0 Å². The number of ether oxygens (including phenoxy) is 1. The number of allylic oxidation sites excluding steroid dienone is 1.